The van der Waals surface area contributed by atoms with E-state index in [0.29, 0.717) is 10.9 Å². The van der Waals surface area contributed by atoms with E-state index in [1.807, 2.05) is 18.2 Å². The number of hydrogen-bond donors (Lipinski definition) is 3. The number of benzene rings is 1. The number of aromatic nitrogens is 3. The summed E-state index contributed by atoms with van der Waals surface area (Å²) in [7, 11) is 0. The zero-order valence-electron chi connectivity index (χ0n) is 10.8. The third-order valence-corrected chi connectivity index (χ3v) is 2.90. The van der Waals surface area contributed by atoms with Gasteiger partial charge >= 0.3 is 0 Å². The SMILES string of the molecule is O=C(NNC(=O)c1n[nH]c2ccccc12)c1cccnc1. The van der Waals surface area contributed by atoms with Crippen molar-refractivity contribution in [1.82, 2.24) is 26.0 Å². The van der Waals surface area contributed by atoms with Crippen LogP contribution in [0.25, 0.3) is 10.9 Å². The molecule has 0 fully saturated rings. The number of carbonyl (C=O) groups is 2. The van der Waals surface area contributed by atoms with Gasteiger partial charge < -0.3 is 0 Å². The lowest BCUT2D eigenvalue weighted by Gasteiger charge is -2.05. The van der Waals surface area contributed by atoms with Crippen LogP contribution in [0.4, 0.5) is 0 Å². The Morgan fingerprint density at radius 1 is 1.00 bits per heavy atom. The topological polar surface area (TPSA) is 99.8 Å². The molecule has 2 amide bonds. The second kappa shape index (κ2) is 5.41. The lowest BCUT2D eigenvalue weighted by molar-refractivity contribution is 0.0844. The van der Waals surface area contributed by atoms with Crippen molar-refractivity contribution in [3.63, 3.8) is 0 Å². The molecule has 0 aliphatic heterocycles. The van der Waals surface area contributed by atoms with Crippen molar-refractivity contribution >= 4 is 22.7 Å². The average Bonchev–Trinajstić information content (AvgIpc) is 2.97. The monoisotopic (exact) mass is 281 g/mol. The Morgan fingerprint density at radius 3 is 2.62 bits per heavy atom. The number of para-hydroxylation sites is 1. The van der Waals surface area contributed by atoms with Crippen LogP contribution in [0.15, 0.2) is 48.8 Å². The number of aromatic amines is 1. The van der Waals surface area contributed by atoms with Crippen LogP contribution in [0.3, 0.4) is 0 Å². The number of hydrogen-bond acceptors (Lipinski definition) is 4. The lowest BCUT2D eigenvalue weighted by atomic mass is 10.2. The van der Waals surface area contributed by atoms with Gasteiger partial charge in [-0.25, -0.2) is 0 Å². The summed E-state index contributed by atoms with van der Waals surface area (Å²) in [6, 6.07) is 10.5. The molecular weight excluding hydrogens is 270 g/mol. The quantitative estimate of drug-likeness (QED) is 0.611. The largest absolute Gasteiger partial charge is 0.290 e. The molecule has 0 spiro atoms. The molecule has 21 heavy (non-hydrogen) atoms. The summed E-state index contributed by atoms with van der Waals surface area (Å²) in [5.74, 6) is -0.944. The van der Waals surface area contributed by atoms with Gasteiger partial charge in [0, 0.05) is 17.8 Å². The predicted octanol–water partition coefficient (Wildman–Crippen LogP) is 1.03. The number of amides is 2. The van der Waals surface area contributed by atoms with E-state index >= 15 is 0 Å². The molecule has 0 atom stereocenters. The first-order valence-electron chi connectivity index (χ1n) is 6.19. The van der Waals surface area contributed by atoms with E-state index in [4.69, 9.17) is 0 Å². The van der Waals surface area contributed by atoms with Gasteiger partial charge in [0.25, 0.3) is 11.8 Å². The summed E-state index contributed by atoms with van der Waals surface area (Å²) in [6.45, 7) is 0. The van der Waals surface area contributed by atoms with E-state index in [1.54, 1.807) is 24.4 Å². The van der Waals surface area contributed by atoms with Crippen LogP contribution in [0.5, 0.6) is 0 Å². The molecule has 0 unspecified atom stereocenters. The first kappa shape index (κ1) is 12.8. The molecule has 104 valence electrons. The highest BCUT2D eigenvalue weighted by molar-refractivity contribution is 6.05. The number of H-pyrrole nitrogens is 1. The first-order valence-corrected chi connectivity index (χ1v) is 6.19. The van der Waals surface area contributed by atoms with E-state index in [1.165, 1.54) is 6.20 Å². The highest BCUT2D eigenvalue weighted by Gasteiger charge is 2.14. The molecule has 0 aliphatic carbocycles. The second-order valence-electron chi connectivity index (χ2n) is 4.27. The standard InChI is InChI=1S/C14H11N5O2/c20-13(9-4-3-7-15-8-9)18-19-14(21)12-10-5-1-2-6-11(10)16-17-12/h1-8H,(H,16,17)(H,18,20)(H,19,21). The Kier molecular flexibility index (Phi) is 3.30. The van der Waals surface area contributed by atoms with Gasteiger partial charge in [0.05, 0.1) is 11.1 Å². The minimum atomic E-state index is -0.496. The molecule has 0 aliphatic rings. The van der Waals surface area contributed by atoms with Crippen molar-refractivity contribution in [2.24, 2.45) is 0 Å². The fourth-order valence-corrected chi connectivity index (χ4v) is 1.88. The summed E-state index contributed by atoms with van der Waals surface area (Å²) < 4.78 is 0. The maximum absolute atomic E-state index is 12.0. The van der Waals surface area contributed by atoms with E-state index in [2.05, 4.69) is 26.0 Å². The molecule has 7 heteroatoms. The van der Waals surface area contributed by atoms with Crippen molar-refractivity contribution < 1.29 is 9.59 Å². The van der Waals surface area contributed by atoms with Gasteiger partial charge in [-0.2, -0.15) is 5.10 Å². The van der Waals surface area contributed by atoms with E-state index < -0.39 is 11.8 Å². The van der Waals surface area contributed by atoms with Crippen molar-refractivity contribution in [3.8, 4) is 0 Å². The van der Waals surface area contributed by atoms with Gasteiger partial charge in [-0.1, -0.05) is 18.2 Å². The van der Waals surface area contributed by atoms with Crippen LogP contribution in [-0.2, 0) is 0 Å². The van der Waals surface area contributed by atoms with Gasteiger partial charge in [0.15, 0.2) is 5.69 Å². The Bertz CT molecular complexity index is 797. The zero-order chi connectivity index (χ0) is 14.7. The third kappa shape index (κ3) is 2.57. The predicted molar refractivity (Wildman–Crippen MR) is 75.3 cm³/mol. The van der Waals surface area contributed by atoms with Crippen LogP contribution in [0, 0.1) is 0 Å². The summed E-state index contributed by atoms with van der Waals surface area (Å²) in [5, 5.41) is 7.39. The highest BCUT2D eigenvalue weighted by atomic mass is 16.2. The third-order valence-electron chi connectivity index (χ3n) is 2.90. The first-order chi connectivity index (χ1) is 10.3. The molecule has 7 nitrogen and oxygen atoms in total. The number of rotatable bonds is 2. The van der Waals surface area contributed by atoms with Gasteiger partial charge in [0.1, 0.15) is 0 Å². The van der Waals surface area contributed by atoms with E-state index in [0.717, 1.165) is 5.52 Å². The highest BCUT2D eigenvalue weighted by Crippen LogP contribution is 2.14. The number of carbonyl (C=O) groups excluding carboxylic acids is 2. The fraction of sp³-hybridized carbons (Fsp3) is 0. The van der Waals surface area contributed by atoms with Crippen LogP contribution < -0.4 is 10.9 Å². The zero-order valence-corrected chi connectivity index (χ0v) is 10.8. The van der Waals surface area contributed by atoms with Gasteiger partial charge in [0.2, 0.25) is 0 Å². The molecule has 2 aromatic heterocycles. The van der Waals surface area contributed by atoms with Gasteiger partial charge in [-0.05, 0) is 18.2 Å². The van der Waals surface area contributed by atoms with Crippen LogP contribution in [-0.4, -0.2) is 27.0 Å². The number of hydrazine groups is 1. The van der Waals surface area contributed by atoms with E-state index in [9.17, 15) is 9.59 Å². The van der Waals surface area contributed by atoms with Crippen molar-refractivity contribution in [1.29, 1.82) is 0 Å². The molecule has 2 heterocycles. The molecule has 3 N–H and O–H groups in total. The molecule has 0 radical (unpaired) electrons. The summed E-state index contributed by atoms with van der Waals surface area (Å²) in [5.41, 5.74) is 5.97. The molecule has 0 saturated carbocycles. The number of fused-ring (bicyclic) bond motifs is 1. The number of nitrogens with one attached hydrogen (secondary N) is 3. The fourth-order valence-electron chi connectivity index (χ4n) is 1.88. The van der Waals surface area contributed by atoms with Crippen LogP contribution in [0.2, 0.25) is 0 Å². The second-order valence-corrected chi connectivity index (χ2v) is 4.27. The minimum Gasteiger partial charge on any atom is -0.277 e. The molecule has 0 bridgehead atoms. The lowest BCUT2D eigenvalue weighted by Crippen LogP contribution is -2.41. The maximum Gasteiger partial charge on any atom is 0.290 e. The Labute approximate surface area is 119 Å². The molecular formula is C14H11N5O2. The van der Waals surface area contributed by atoms with Crippen molar-refractivity contribution in [2.75, 3.05) is 0 Å². The average molecular weight is 281 g/mol. The van der Waals surface area contributed by atoms with Crippen molar-refractivity contribution in [2.45, 2.75) is 0 Å². The Morgan fingerprint density at radius 2 is 1.81 bits per heavy atom. The van der Waals surface area contributed by atoms with Crippen LogP contribution in [0.1, 0.15) is 20.8 Å². The number of nitrogens with zero attached hydrogens (tertiary/aromatic N) is 2. The summed E-state index contributed by atoms with van der Waals surface area (Å²) >= 11 is 0. The van der Waals surface area contributed by atoms with E-state index in [-0.39, 0.29) is 5.69 Å². The smallest absolute Gasteiger partial charge is 0.277 e. The normalized spacial score (nSPS) is 10.3. The summed E-state index contributed by atoms with van der Waals surface area (Å²) in [6.07, 6.45) is 2.97. The summed E-state index contributed by atoms with van der Waals surface area (Å²) in [4.78, 5) is 27.7. The Hall–Kier alpha value is -3.22. The van der Waals surface area contributed by atoms with Gasteiger partial charge in [-0.15, -0.1) is 0 Å². The van der Waals surface area contributed by atoms with Crippen LogP contribution >= 0.6 is 0 Å². The minimum absolute atomic E-state index is 0.220. The Balaban J connectivity index is 1.71. The molecule has 3 aromatic rings. The van der Waals surface area contributed by atoms with Crippen molar-refractivity contribution in [3.05, 3.63) is 60.0 Å². The van der Waals surface area contributed by atoms with Gasteiger partial charge in [-0.3, -0.25) is 30.5 Å². The maximum atomic E-state index is 12.0. The number of pyridine rings is 1. The molecule has 3 rings (SSSR count). The molecule has 0 saturated heterocycles. The molecule has 1 aromatic carbocycles.